The summed E-state index contributed by atoms with van der Waals surface area (Å²) >= 11 is 0. The minimum atomic E-state index is -1.77. The third-order valence-electron chi connectivity index (χ3n) is 11.2. The molecule has 0 amide bonds. The molecule has 2 saturated heterocycles. The Hall–Kier alpha value is -2.80. The number of allylic oxidation sites excluding steroid dienone is 10. The van der Waals surface area contributed by atoms with Crippen LogP contribution in [-0.4, -0.2) is 142 Å². The zero-order valence-electron chi connectivity index (χ0n) is 39.2. The Balaban J connectivity index is 1.85. The van der Waals surface area contributed by atoms with Gasteiger partial charge < -0.3 is 64.2 Å². The summed E-state index contributed by atoms with van der Waals surface area (Å²) in [5, 5.41) is 72.0. The number of unbranched alkanes of at least 4 members (excludes halogenated alkanes) is 12. The number of aliphatic hydroxyl groups excluding tert-OH is 7. The van der Waals surface area contributed by atoms with Crippen molar-refractivity contribution in [1.82, 2.24) is 0 Å². The van der Waals surface area contributed by atoms with Crippen LogP contribution in [0.2, 0.25) is 0 Å². The Labute approximate surface area is 388 Å². The zero-order valence-corrected chi connectivity index (χ0v) is 39.2. The molecule has 0 aromatic heterocycles. The smallest absolute Gasteiger partial charge is 0.306 e. The molecular formula is C50H84O15. The standard InChI is InChI=1S/C50H84O15/c1-3-5-7-9-11-13-15-17-19-21-23-25-27-29-31-33-42(53)63-38(35-60-41(52)32-30-28-26-24-22-20-18-16-14-12-10-8-6-4-2)36-61-49-48(59)46(57)44(55)40(65-49)37-62-50-47(58)45(56)43(54)39(34-51)64-50/h5,7,10-13,16-19,38-40,43-51,54-59H,3-4,6,8-9,14-15,20-37H2,1-2H3/b7-5+,12-10+,13-11+,18-16+,19-17+/t38-,39-,40-,43+,44+,45?,46?,47?,48?,49-,50-/m1/s1. The largest absolute Gasteiger partial charge is 0.462 e. The Morgan fingerprint density at radius 3 is 1.52 bits per heavy atom. The summed E-state index contributed by atoms with van der Waals surface area (Å²) in [7, 11) is 0. The van der Waals surface area contributed by atoms with Crippen molar-refractivity contribution in [3.8, 4) is 0 Å². The van der Waals surface area contributed by atoms with Gasteiger partial charge in [-0.1, -0.05) is 126 Å². The number of ether oxygens (including phenoxy) is 6. The molecule has 0 aromatic carbocycles. The Kier molecular flexibility index (Phi) is 33.4. The molecule has 11 atom stereocenters. The van der Waals surface area contributed by atoms with Crippen molar-refractivity contribution in [3.05, 3.63) is 60.8 Å². The molecule has 65 heavy (non-hydrogen) atoms. The Morgan fingerprint density at radius 2 is 0.969 bits per heavy atom. The molecule has 2 aliphatic rings. The van der Waals surface area contributed by atoms with Gasteiger partial charge in [-0.3, -0.25) is 9.59 Å². The second-order valence-corrected chi connectivity index (χ2v) is 16.9. The highest BCUT2D eigenvalue weighted by Gasteiger charge is 2.47. The van der Waals surface area contributed by atoms with Crippen LogP contribution in [0.25, 0.3) is 0 Å². The predicted octanol–water partition coefficient (Wildman–Crippen LogP) is 6.10. The van der Waals surface area contributed by atoms with E-state index in [0.717, 1.165) is 96.3 Å². The molecular weight excluding hydrogens is 841 g/mol. The van der Waals surface area contributed by atoms with Gasteiger partial charge in [0.25, 0.3) is 0 Å². The fraction of sp³-hybridized carbons (Fsp3) is 0.760. The topological polar surface area (TPSA) is 231 Å². The average Bonchev–Trinajstić information content (AvgIpc) is 3.30. The van der Waals surface area contributed by atoms with Crippen LogP contribution in [0.1, 0.15) is 149 Å². The third kappa shape index (κ3) is 25.8. The molecule has 0 spiro atoms. The molecule has 2 rings (SSSR count). The van der Waals surface area contributed by atoms with Gasteiger partial charge >= 0.3 is 11.9 Å². The van der Waals surface area contributed by atoms with E-state index in [9.17, 15) is 45.3 Å². The molecule has 2 heterocycles. The number of rotatable bonds is 36. The maximum absolute atomic E-state index is 13.0. The quantitative estimate of drug-likeness (QED) is 0.0214. The van der Waals surface area contributed by atoms with E-state index in [1.165, 1.54) is 12.8 Å². The van der Waals surface area contributed by atoms with Gasteiger partial charge in [-0.05, 0) is 70.6 Å². The van der Waals surface area contributed by atoms with E-state index in [1.807, 2.05) is 0 Å². The van der Waals surface area contributed by atoms with Crippen molar-refractivity contribution in [2.75, 3.05) is 26.4 Å². The summed E-state index contributed by atoms with van der Waals surface area (Å²) in [6, 6.07) is 0. The van der Waals surface area contributed by atoms with Gasteiger partial charge in [0.05, 0.1) is 19.8 Å². The lowest BCUT2D eigenvalue weighted by Gasteiger charge is -2.42. The van der Waals surface area contributed by atoms with Crippen LogP contribution >= 0.6 is 0 Å². The molecule has 0 radical (unpaired) electrons. The van der Waals surface area contributed by atoms with Gasteiger partial charge in [0.2, 0.25) is 0 Å². The lowest BCUT2D eigenvalue weighted by Crippen LogP contribution is -2.61. The van der Waals surface area contributed by atoms with Gasteiger partial charge in [0.1, 0.15) is 55.4 Å². The third-order valence-corrected chi connectivity index (χ3v) is 11.2. The summed E-state index contributed by atoms with van der Waals surface area (Å²) in [5.41, 5.74) is 0. The van der Waals surface area contributed by atoms with Crippen LogP contribution in [0.15, 0.2) is 60.8 Å². The van der Waals surface area contributed by atoms with Crippen molar-refractivity contribution in [1.29, 1.82) is 0 Å². The molecule has 0 aromatic rings. The molecule has 374 valence electrons. The molecule has 4 unspecified atom stereocenters. The molecule has 0 aliphatic carbocycles. The van der Waals surface area contributed by atoms with Crippen LogP contribution in [0.4, 0.5) is 0 Å². The van der Waals surface area contributed by atoms with Crippen LogP contribution in [-0.2, 0) is 38.0 Å². The fourth-order valence-corrected chi connectivity index (χ4v) is 7.19. The number of aliphatic hydroxyl groups is 7. The van der Waals surface area contributed by atoms with E-state index in [0.29, 0.717) is 12.8 Å². The highest BCUT2D eigenvalue weighted by Crippen LogP contribution is 2.26. The van der Waals surface area contributed by atoms with Crippen LogP contribution in [0.5, 0.6) is 0 Å². The molecule has 7 N–H and O–H groups in total. The fourth-order valence-electron chi connectivity index (χ4n) is 7.19. The minimum Gasteiger partial charge on any atom is -0.462 e. The first-order valence-corrected chi connectivity index (χ1v) is 24.4. The Morgan fingerprint density at radius 1 is 0.508 bits per heavy atom. The predicted molar refractivity (Wildman–Crippen MR) is 247 cm³/mol. The molecule has 15 heteroatoms. The summed E-state index contributed by atoms with van der Waals surface area (Å²) in [4.78, 5) is 25.7. The number of hydrogen-bond acceptors (Lipinski definition) is 15. The summed E-state index contributed by atoms with van der Waals surface area (Å²) < 4.78 is 33.5. The molecule has 2 fully saturated rings. The molecule has 0 saturated carbocycles. The van der Waals surface area contributed by atoms with Gasteiger partial charge in [-0.2, -0.15) is 0 Å². The lowest BCUT2D eigenvalue weighted by atomic mass is 9.98. The molecule has 2 aliphatic heterocycles. The first-order valence-electron chi connectivity index (χ1n) is 24.4. The maximum Gasteiger partial charge on any atom is 0.306 e. The number of carbonyl (C=O) groups excluding carboxylic acids is 2. The first kappa shape index (κ1) is 58.3. The van der Waals surface area contributed by atoms with E-state index < -0.39 is 99.3 Å². The Bertz CT molecular complexity index is 1370. The average molecular weight is 925 g/mol. The highest BCUT2D eigenvalue weighted by molar-refractivity contribution is 5.70. The van der Waals surface area contributed by atoms with Crippen molar-refractivity contribution >= 4 is 11.9 Å². The monoisotopic (exact) mass is 925 g/mol. The van der Waals surface area contributed by atoms with Gasteiger partial charge in [-0.25, -0.2) is 0 Å². The van der Waals surface area contributed by atoms with Crippen molar-refractivity contribution in [3.63, 3.8) is 0 Å². The van der Waals surface area contributed by atoms with Crippen LogP contribution in [0, 0.1) is 0 Å². The SMILES string of the molecule is CC/C=C/C/C=C/C/C=C/CCCCCCCC(=O)O[C@H](COC(=O)CCCCCCC/C=C/C/C=C/CCCC)CO[C@@H]1O[C@H](CO[C@@H]2O[C@H](CO)[C@H](O)C(O)C2O)[C@H](O)C(O)C1O. The van der Waals surface area contributed by atoms with Crippen LogP contribution < -0.4 is 0 Å². The van der Waals surface area contributed by atoms with Crippen molar-refractivity contribution in [2.45, 2.75) is 216 Å². The second kappa shape index (κ2) is 37.2. The second-order valence-electron chi connectivity index (χ2n) is 16.9. The van der Waals surface area contributed by atoms with Crippen molar-refractivity contribution < 1.29 is 73.8 Å². The van der Waals surface area contributed by atoms with Crippen LogP contribution in [0.3, 0.4) is 0 Å². The van der Waals surface area contributed by atoms with E-state index in [4.69, 9.17) is 28.4 Å². The molecule has 15 nitrogen and oxygen atoms in total. The normalized spacial score (nSPS) is 26.9. The van der Waals surface area contributed by atoms with Gasteiger partial charge in [-0.15, -0.1) is 0 Å². The summed E-state index contributed by atoms with van der Waals surface area (Å²) in [5.74, 6) is -0.967. The number of hydrogen-bond donors (Lipinski definition) is 7. The van der Waals surface area contributed by atoms with E-state index in [2.05, 4.69) is 74.6 Å². The summed E-state index contributed by atoms with van der Waals surface area (Å²) in [6.07, 6.45) is 23.9. The van der Waals surface area contributed by atoms with Gasteiger partial charge in [0, 0.05) is 12.8 Å². The number of carbonyl (C=O) groups is 2. The van der Waals surface area contributed by atoms with E-state index in [-0.39, 0.29) is 19.4 Å². The summed E-state index contributed by atoms with van der Waals surface area (Å²) in [6.45, 7) is 2.38. The van der Waals surface area contributed by atoms with E-state index in [1.54, 1.807) is 0 Å². The minimum absolute atomic E-state index is 0.140. The molecule has 0 bridgehead atoms. The first-order chi connectivity index (χ1) is 31.5. The maximum atomic E-state index is 13.0. The highest BCUT2D eigenvalue weighted by atomic mass is 16.7. The number of esters is 2. The van der Waals surface area contributed by atoms with E-state index >= 15 is 0 Å². The van der Waals surface area contributed by atoms with Gasteiger partial charge in [0.15, 0.2) is 18.7 Å². The lowest BCUT2D eigenvalue weighted by molar-refractivity contribution is -0.332. The van der Waals surface area contributed by atoms with Crippen molar-refractivity contribution in [2.24, 2.45) is 0 Å². The zero-order chi connectivity index (χ0) is 47.5.